The zero-order chi connectivity index (χ0) is 18.8. The van der Waals surface area contributed by atoms with Gasteiger partial charge < -0.3 is 0 Å². The van der Waals surface area contributed by atoms with Crippen molar-refractivity contribution in [1.29, 1.82) is 0 Å². The van der Waals surface area contributed by atoms with E-state index in [-0.39, 0.29) is 19.2 Å². The van der Waals surface area contributed by atoms with Crippen molar-refractivity contribution in [1.82, 2.24) is 0 Å². The summed E-state index contributed by atoms with van der Waals surface area (Å²) in [5.41, 5.74) is 2.97. The molecule has 0 heterocycles. The van der Waals surface area contributed by atoms with Gasteiger partial charge in [0, 0.05) is 0 Å². The zero-order valence-corrected chi connectivity index (χ0v) is 18.1. The molecule has 0 saturated heterocycles. The third-order valence-electron chi connectivity index (χ3n) is 5.29. The Kier molecular flexibility index (Phi) is 5.28. The fraction of sp³-hybridized carbons (Fsp3) is 0.0769. The summed E-state index contributed by atoms with van der Waals surface area (Å²) in [5, 5.41) is 4.55. The molecule has 0 radical (unpaired) electrons. The van der Waals surface area contributed by atoms with Crippen LogP contribution >= 0.6 is 7.92 Å². The van der Waals surface area contributed by atoms with E-state index in [4.69, 9.17) is 0 Å². The molecule has 0 fully saturated rings. The van der Waals surface area contributed by atoms with Gasteiger partial charge in [-0.15, -0.1) is 0 Å². The van der Waals surface area contributed by atoms with Gasteiger partial charge in [0.05, 0.1) is 0 Å². The standard InChI is InChI=1S/C21H16P.C5H5.Ti/c1-3-11-19(12-4-1)22(20-13-5-2-6-14-20)21-15-17-9-7-8-10-18(17)16-21;1-2-4-5-3-1;/h1-16H;1-3H,4H2;. The van der Waals surface area contributed by atoms with Crippen molar-refractivity contribution in [3.8, 4) is 0 Å². The average molecular weight is 412 g/mol. The van der Waals surface area contributed by atoms with Gasteiger partial charge in [0.15, 0.2) is 0 Å². The second-order valence-electron chi connectivity index (χ2n) is 7.11. The van der Waals surface area contributed by atoms with Crippen molar-refractivity contribution in [2.75, 3.05) is 0 Å². The fourth-order valence-corrected chi connectivity index (χ4v) is 9.63. The fourth-order valence-electron chi connectivity index (χ4n) is 3.99. The van der Waals surface area contributed by atoms with E-state index >= 15 is 0 Å². The minimum absolute atomic E-state index is 0.246. The summed E-state index contributed by atoms with van der Waals surface area (Å²) < 4.78 is 2.26. The third-order valence-corrected chi connectivity index (χ3v) is 10.8. The van der Waals surface area contributed by atoms with Crippen LogP contribution in [0.4, 0.5) is 0 Å². The summed E-state index contributed by atoms with van der Waals surface area (Å²) in [6.07, 6.45) is 10.6. The molecule has 0 N–H and O–H groups in total. The Morgan fingerprint density at radius 1 is 0.750 bits per heavy atom. The zero-order valence-electron chi connectivity index (χ0n) is 15.6. The van der Waals surface area contributed by atoms with E-state index in [9.17, 15) is 0 Å². The second kappa shape index (κ2) is 8.18. The summed E-state index contributed by atoms with van der Waals surface area (Å²) in [6.45, 7) is 0. The van der Waals surface area contributed by atoms with E-state index in [0.29, 0.717) is 4.22 Å². The first-order chi connectivity index (χ1) is 13.9. The molecule has 0 nitrogen and oxygen atoms in total. The molecule has 134 valence electrons. The van der Waals surface area contributed by atoms with Gasteiger partial charge >= 0.3 is 178 Å². The Hall–Kier alpha value is -1.98. The van der Waals surface area contributed by atoms with Crippen LogP contribution in [0.2, 0.25) is 0 Å². The van der Waals surface area contributed by atoms with Crippen molar-refractivity contribution in [3.05, 3.63) is 123 Å². The summed E-state index contributed by atoms with van der Waals surface area (Å²) in [7, 11) is -0.513. The first-order valence-corrected chi connectivity index (χ1v) is 12.8. The van der Waals surface area contributed by atoms with E-state index in [2.05, 4.69) is 109 Å². The summed E-state index contributed by atoms with van der Waals surface area (Å²) in [5.74, 6) is 0. The second-order valence-corrected chi connectivity index (χ2v) is 11.7. The van der Waals surface area contributed by atoms with Crippen LogP contribution in [-0.2, 0) is 19.2 Å². The average Bonchev–Trinajstić information content (AvgIpc) is 3.39. The molecule has 2 aliphatic rings. The molecule has 0 spiro atoms. The van der Waals surface area contributed by atoms with Crippen molar-refractivity contribution in [3.63, 3.8) is 0 Å². The molecule has 1 atom stereocenters. The van der Waals surface area contributed by atoms with Gasteiger partial charge in [-0.2, -0.15) is 0 Å². The maximum absolute atomic E-state index is 2.51. The van der Waals surface area contributed by atoms with Gasteiger partial charge in [-0.1, -0.05) is 0 Å². The molecule has 2 aliphatic carbocycles. The number of hydrogen-bond donors (Lipinski definition) is 0. The molecule has 0 aromatic heterocycles. The van der Waals surface area contributed by atoms with Gasteiger partial charge in [0.2, 0.25) is 0 Å². The van der Waals surface area contributed by atoms with Gasteiger partial charge in [-0.3, -0.25) is 0 Å². The monoisotopic (exact) mass is 412 g/mol. The minimum atomic E-state index is -0.513. The van der Waals surface area contributed by atoms with E-state index in [1.807, 2.05) is 0 Å². The van der Waals surface area contributed by atoms with Gasteiger partial charge in [0.1, 0.15) is 0 Å². The summed E-state index contributed by atoms with van der Waals surface area (Å²) >= 11 is -0.246. The number of hydrogen-bond acceptors (Lipinski definition) is 0. The van der Waals surface area contributed by atoms with E-state index in [0.717, 1.165) is 6.42 Å². The SMILES string of the molecule is C1=CC[C]([Ti][CH]2C(P(c3ccccc3)c3ccccc3)=Cc3ccccc32)=C1. The number of allylic oxidation sites excluding steroid dienone is 5. The summed E-state index contributed by atoms with van der Waals surface area (Å²) in [6, 6.07) is 31.3. The molecule has 28 heavy (non-hydrogen) atoms. The Morgan fingerprint density at radius 3 is 2.04 bits per heavy atom. The van der Waals surface area contributed by atoms with Crippen molar-refractivity contribution < 1.29 is 19.2 Å². The molecule has 3 aromatic rings. The molecular formula is C26H21PTi. The molecule has 0 amide bonds. The quantitative estimate of drug-likeness (QED) is 0.349. The van der Waals surface area contributed by atoms with Crippen molar-refractivity contribution >= 4 is 24.6 Å². The molecule has 0 aliphatic heterocycles. The van der Waals surface area contributed by atoms with Crippen LogP contribution in [0, 0.1) is 0 Å². The molecule has 3 aromatic carbocycles. The third kappa shape index (κ3) is 3.53. The van der Waals surface area contributed by atoms with Crippen LogP contribution in [0.15, 0.2) is 112 Å². The first-order valence-electron chi connectivity index (χ1n) is 9.73. The molecule has 0 saturated carbocycles. The number of benzene rings is 3. The first kappa shape index (κ1) is 18.1. The maximum atomic E-state index is 2.51. The van der Waals surface area contributed by atoms with Gasteiger partial charge in [-0.05, 0) is 0 Å². The predicted molar refractivity (Wildman–Crippen MR) is 118 cm³/mol. The summed E-state index contributed by atoms with van der Waals surface area (Å²) in [4.78, 5) is 0. The molecule has 0 bridgehead atoms. The van der Waals surface area contributed by atoms with Crippen LogP contribution in [0.5, 0.6) is 0 Å². The molecule has 5 rings (SSSR count). The topological polar surface area (TPSA) is 0 Å². The van der Waals surface area contributed by atoms with Gasteiger partial charge in [0.25, 0.3) is 0 Å². The van der Waals surface area contributed by atoms with Gasteiger partial charge in [-0.25, -0.2) is 0 Å². The van der Waals surface area contributed by atoms with E-state index in [1.165, 1.54) is 16.2 Å². The Morgan fingerprint density at radius 2 is 1.39 bits per heavy atom. The Balaban J connectivity index is 1.62. The van der Waals surface area contributed by atoms with Crippen LogP contribution in [0.1, 0.15) is 21.8 Å². The van der Waals surface area contributed by atoms with Crippen LogP contribution in [0.25, 0.3) is 6.08 Å². The number of rotatable bonds is 5. The van der Waals surface area contributed by atoms with E-state index in [1.54, 1.807) is 14.8 Å². The number of fused-ring (bicyclic) bond motifs is 1. The van der Waals surface area contributed by atoms with E-state index < -0.39 is 7.92 Å². The Bertz CT molecular complexity index is 1020. The van der Waals surface area contributed by atoms with Crippen molar-refractivity contribution in [2.45, 2.75) is 10.6 Å². The molecular weight excluding hydrogens is 391 g/mol. The van der Waals surface area contributed by atoms with Crippen LogP contribution in [-0.4, -0.2) is 0 Å². The normalized spacial score (nSPS) is 17.4. The predicted octanol–water partition coefficient (Wildman–Crippen LogP) is 6.14. The van der Waals surface area contributed by atoms with Crippen LogP contribution in [0.3, 0.4) is 0 Å². The van der Waals surface area contributed by atoms with Crippen LogP contribution < -0.4 is 10.6 Å². The Labute approximate surface area is 177 Å². The molecule has 1 unspecified atom stereocenters. The molecule has 2 heteroatoms. The van der Waals surface area contributed by atoms with Crippen molar-refractivity contribution in [2.24, 2.45) is 0 Å².